The summed E-state index contributed by atoms with van der Waals surface area (Å²) in [6, 6.07) is 31.5. The Balaban J connectivity index is 1.81. The first-order valence-electron chi connectivity index (χ1n) is 11.4. The zero-order chi connectivity index (χ0) is 21.2. The fourth-order valence-electron chi connectivity index (χ4n) is 6.23. The summed E-state index contributed by atoms with van der Waals surface area (Å²) in [6.07, 6.45) is 13.1. The van der Waals surface area contributed by atoms with E-state index in [0.717, 1.165) is 6.42 Å². The average Bonchev–Trinajstić information content (AvgIpc) is 3.52. The van der Waals surface area contributed by atoms with Gasteiger partial charge in [0, 0.05) is 0 Å². The Hall–Kier alpha value is -2.54. The van der Waals surface area contributed by atoms with Crippen LogP contribution in [-0.4, -0.2) is 4.31 Å². The Morgan fingerprint density at radius 3 is 2.00 bits per heavy atom. The molecule has 5 rings (SSSR count). The van der Waals surface area contributed by atoms with Crippen molar-refractivity contribution in [2.45, 2.75) is 27.0 Å². The van der Waals surface area contributed by atoms with E-state index in [1.807, 2.05) is 0 Å². The Bertz CT molecular complexity index is 1190. The van der Waals surface area contributed by atoms with Crippen LogP contribution in [0.15, 0.2) is 113 Å². The standard InChI is InChI=1S/C9H7.2C7H7.C5H5.C2H4.Ti/c1-2-5-9-7-3-6-8(9)4-1;2*1-7-5-3-2-4-6-7;1-2-4-5-3-1;1-2;/h1-7H;2*2-6H,1H2;1-3H,4H2;1H,2H3;. The molecule has 2 aliphatic rings. The fraction of sp³-hybridized carbons (Fsp3) is 0.167. The molecule has 0 heterocycles. The number of fused-ring (bicyclic) bond motifs is 1. The van der Waals surface area contributed by atoms with Crippen LogP contribution < -0.4 is 0 Å². The van der Waals surface area contributed by atoms with Crippen molar-refractivity contribution in [2.75, 3.05) is 0 Å². The molecule has 0 bridgehead atoms. The molecule has 0 aromatic heterocycles. The molecule has 0 nitrogen and oxygen atoms in total. The molecule has 0 fully saturated rings. The molecular formula is C30H30Ti. The van der Waals surface area contributed by atoms with Gasteiger partial charge >= 0.3 is 188 Å². The molecule has 0 saturated heterocycles. The number of hydrogen-bond donors (Lipinski definition) is 0. The molecule has 154 valence electrons. The van der Waals surface area contributed by atoms with Gasteiger partial charge in [-0.25, -0.2) is 0 Å². The van der Waals surface area contributed by atoms with E-state index in [2.05, 4.69) is 127 Å². The summed E-state index contributed by atoms with van der Waals surface area (Å²) < 4.78 is 7.25. The molecule has 2 aliphatic carbocycles. The summed E-state index contributed by atoms with van der Waals surface area (Å²) in [6.45, 7) is 2.37. The third kappa shape index (κ3) is 3.39. The van der Waals surface area contributed by atoms with Crippen molar-refractivity contribution in [1.82, 2.24) is 0 Å². The predicted molar refractivity (Wildman–Crippen MR) is 132 cm³/mol. The quantitative estimate of drug-likeness (QED) is 0.349. The van der Waals surface area contributed by atoms with Crippen LogP contribution in [0.25, 0.3) is 6.08 Å². The molecule has 3 aromatic carbocycles. The van der Waals surface area contributed by atoms with E-state index in [9.17, 15) is 0 Å². The molecule has 1 heteroatoms. The van der Waals surface area contributed by atoms with Gasteiger partial charge in [-0.1, -0.05) is 0 Å². The van der Waals surface area contributed by atoms with Gasteiger partial charge in [-0.2, -0.15) is 0 Å². The molecule has 0 saturated carbocycles. The van der Waals surface area contributed by atoms with Gasteiger partial charge in [0.1, 0.15) is 0 Å². The first-order valence-corrected chi connectivity index (χ1v) is 16.2. The topological polar surface area (TPSA) is 0 Å². The molecule has 0 amide bonds. The summed E-state index contributed by atoms with van der Waals surface area (Å²) in [5.74, 6) is 0. The summed E-state index contributed by atoms with van der Waals surface area (Å²) in [7, 11) is 0. The zero-order valence-corrected chi connectivity index (χ0v) is 19.8. The predicted octanol–water partition coefficient (Wildman–Crippen LogP) is 7.51. The molecule has 31 heavy (non-hydrogen) atoms. The molecule has 3 aromatic rings. The van der Waals surface area contributed by atoms with E-state index in [1.54, 1.807) is 3.88 Å². The van der Waals surface area contributed by atoms with Gasteiger partial charge in [0.15, 0.2) is 0 Å². The second-order valence-corrected chi connectivity index (χ2v) is 19.1. The van der Waals surface area contributed by atoms with Gasteiger partial charge in [-0.3, -0.25) is 0 Å². The van der Waals surface area contributed by atoms with Gasteiger partial charge < -0.3 is 0 Å². The van der Waals surface area contributed by atoms with Gasteiger partial charge in [-0.05, 0) is 0 Å². The zero-order valence-electron chi connectivity index (χ0n) is 18.2. The van der Waals surface area contributed by atoms with Crippen LogP contribution in [0, 0.1) is 0 Å². The van der Waals surface area contributed by atoms with Crippen molar-refractivity contribution in [1.29, 1.82) is 0 Å². The number of allylic oxidation sites excluding steroid dienone is 5. The minimum atomic E-state index is -3.57. The summed E-state index contributed by atoms with van der Waals surface area (Å²) in [5.41, 5.74) is 5.87. The molecule has 0 N–H and O–H groups in total. The molecule has 0 spiro atoms. The van der Waals surface area contributed by atoms with E-state index in [4.69, 9.17) is 0 Å². The Morgan fingerprint density at radius 1 is 0.806 bits per heavy atom. The van der Waals surface area contributed by atoms with Gasteiger partial charge in [0.2, 0.25) is 0 Å². The van der Waals surface area contributed by atoms with Gasteiger partial charge in [0.25, 0.3) is 0 Å². The number of rotatable bonds is 6. The van der Waals surface area contributed by atoms with Crippen molar-refractivity contribution >= 4 is 10.4 Å². The third-order valence-corrected chi connectivity index (χ3v) is 20.3. The van der Waals surface area contributed by atoms with Crippen LogP contribution in [0.3, 0.4) is 0 Å². The van der Waals surface area contributed by atoms with Crippen LogP contribution in [0.5, 0.6) is 0 Å². The van der Waals surface area contributed by atoms with Crippen LogP contribution in [0.1, 0.15) is 39.8 Å². The molecule has 0 radical (unpaired) electrons. The first-order chi connectivity index (χ1) is 15.2. The second-order valence-electron chi connectivity index (χ2n) is 9.28. The van der Waals surface area contributed by atoms with Crippen LogP contribution in [0.4, 0.5) is 0 Å². The van der Waals surface area contributed by atoms with Crippen LogP contribution >= 0.6 is 0 Å². The molecule has 1 unspecified atom stereocenters. The van der Waals surface area contributed by atoms with Crippen molar-refractivity contribution in [3.63, 3.8) is 0 Å². The van der Waals surface area contributed by atoms with Crippen molar-refractivity contribution in [3.05, 3.63) is 135 Å². The van der Waals surface area contributed by atoms with Gasteiger partial charge in [0.05, 0.1) is 0 Å². The van der Waals surface area contributed by atoms with E-state index in [1.165, 1.54) is 31.7 Å². The van der Waals surface area contributed by atoms with E-state index in [0.29, 0.717) is 4.22 Å². The van der Waals surface area contributed by atoms with Crippen molar-refractivity contribution < 1.29 is 14.8 Å². The summed E-state index contributed by atoms with van der Waals surface area (Å²) in [5, 5.41) is 0. The Morgan fingerprint density at radius 2 is 1.42 bits per heavy atom. The molecule has 1 atom stereocenters. The van der Waals surface area contributed by atoms with Gasteiger partial charge in [-0.15, -0.1) is 0 Å². The van der Waals surface area contributed by atoms with E-state index in [-0.39, 0.29) is 0 Å². The summed E-state index contributed by atoms with van der Waals surface area (Å²) in [4.78, 5) is 0. The maximum atomic E-state index is 2.73. The molecular weight excluding hydrogens is 408 g/mol. The van der Waals surface area contributed by atoms with Crippen molar-refractivity contribution in [2.24, 2.45) is 0 Å². The Labute approximate surface area is 187 Å². The van der Waals surface area contributed by atoms with Crippen molar-refractivity contribution in [3.8, 4) is 0 Å². The number of hydrogen-bond acceptors (Lipinski definition) is 0. The van der Waals surface area contributed by atoms with Crippen LogP contribution in [0.2, 0.25) is 0 Å². The maximum absolute atomic E-state index is 3.57. The fourth-order valence-corrected chi connectivity index (χ4v) is 18.3. The monoisotopic (exact) mass is 438 g/mol. The third-order valence-electron chi connectivity index (χ3n) is 7.82. The van der Waals surface area contributed by atoms with E-state index >= 15 is 0 Å². The number of benzene rings is 3. The Kier molecular flexibility index (Phi) is 5.38. The minimum absolute atomic E-state index is 0.477. The first kappa shape index (κ1) is 20.4. The average molecular weight is 438 g/mol. The SMILES string of the molecule is C[CH]=[Ti]([CH2]c1ccccc1)([CH2]c1ccccc1)([C]1=CC=CC1)[CH]1C=Cc2ccccc21. The molecule has 0 aliphatic heterocycles. The normalized spacial score (nSPS) is 17.5. The summed E-state index contributed by atoms with van der Waals surface area (Å²) >= 11 is -3.57. The van der Waals surface area contributed by atoms with Crippen LogP contribution in [-0.2, 0) is 24.3 Å². The second kappa shape index (κ2) is 8.19. The van der Waals surface area contributed by atoms with E-state index < -0.39 is 14.8 Å².